The Morgan fingerprint density at radius 3 is 2.59 bits per heavy atom. The molecular formula is C41H45N3O11S. The van der Waals surface area contributed by atoms with Crippen LogP contribution < -0.4 is 29.0 Å². The molecule has 0 amide bonds. The van der Waals surface area contributed by atoms with Gasteiger partial charge in [-0.3, -0.25) is 19.9 Å². The number of aryl methyl sites for hydroxylation is 1. The third-order valence-corrected chi connectivity index (χ3v) is 13.9. The van der Waals surface area contributed by atoms with Gasteiger partial charge in [0, 0.05) is 54.1 Å². The van der Waals surface area contributed by atoms with E-state index in [1.807, 2.05) is 24.8 Å². The summed E-state index contributed by atoms with van der Waals surface area (Å²) < 4.78 is 36.1. The number of carbonyl (C=O) groups is 2. The molecule has 14 nitrogen and oxygen atoms in total. The number of piperazine rings is 1. The van der Waals surface area contributed by atoms with E-state index < -0.39 is 53.1 Å². The van der Waals surface area contributed by atoms with E-state index in [1.54, 1.807) is 18.2 Å². The van der Waals surface area contributed by atoms with Crippen LogP contribution in [0.15, 0.2) is 30.9 Å². The van der Waals surface area contributed by atoms with Crippen molar-refractivity contribution in [1.29, 1.82) is 0 Å². The quantitative estimate of drug-likeness (QED) is 0.167. The number of esters is 2. The lowest BCUT2D eigenvalue weighted by Crippen LogP contribution is -2.70. The fourth-order valence-electron chi connectivity index (χ4n) is 10.2. The molecule has 3 aromatic rings. The van der Waals surface area contributed by atoms with E-state index in [4.69, 9.17) is 28.4 Å². The van der Waals surface area contributed by atoms with Crippen LogP contribution in [0.25, 0.3) is 0 Å². The SMILES string of the molecule is C=CCN1C2c3c(cc(C)c(OC)c3O)CC1[C@H](O)N1C2[C@@H]2SC[C@]3(NCCc4cc(O)c(OC)cc43)C(=O)OC[C@H]1c1c3c(c(C)c(OC(C)=O)c12)OCO3. The van der Waals surface area contributed by atoms with Crippen LogP contribution in [0.4, 0.5) is 0 Å². The highest BCUT2D eigenvalue weighted by Crippen LogP contribution is 2.64. The average Bonchev–Trinajstić information content (AvgIpc) is 3.66. The van der Waals surface area contributed by atoms with Crippen molar-refractivity contribution in [3.8, 4) is 40.2 Å². The van der Waals surface area contributed by atoms with Gasteiger partial charge >= 0.3 is 11.9 Å². The van der Waals surface area contributed by atoms with Gasteiger partial charge in [-0.05, 0) is 61.1 Å². The molecule has 296 valence electrons. The number of benzene rings is 3. The zero-order chi connectivity index (χ0) is 39.4. The average molecular weight is 788 g/mol. The maximum atomic E-state index is 14.8. The molecule has 7 heterocycles. The van der Waals surface area contributed by atoms with Crippen molar-refractivity contribution in [3.63, 3.8) is 0 Å². The first-order chi connectivity index (χ1) is 26.9. The summed E-state index contributed by atoms with van der Waals surface area (Å²) in [6.07, 6.45) is 1.69. The van der Waals surface area contributed by atoms with Crippen molar-refractivity contribution >= 4 is 23.7 Å². The number of aliphatic hydroxyl groups excluding tert-OH is 1. The third-order valence-electron chi connectivity index (χ3n) is 12.4. The summed E-state index contributed by atoms with van der Waals surface area (Å²) in [4.78, 5) is 31.9. The molecule has 7 atom stereocenters. The van der Waals surface area contributed by atoms with Crippen LogP contribution in [0.2, 0.25) is 0 Å². The predicted molar refractivity (Wildman–Crippen MR) is 204 cm³/mol. The van der Waals surface area contributed by atoms with Crippen molar-refractivity contribution in [3.05, 3.63) is 75.4 Å². The van der Waals surface area contributed by atoms with Crippen LogP contribution in [0, 0.1) is 13.8 Å². The van der Waals surface area contributed by atoms with Crippen molar-refractivity contribution < 1.29 is 53.3 Å². The molecule has 0 radical (unpaired) electrons. The first-order valence-corrected chi connectivity index (χ1v) is 19.8. The van der Waals surface area contributed by atoms with Crippen molar-refractivity contribution in [1.82, 2.24) is 15.1 Å². The van der Waals surface area contributed by atoms with Gasteiger partial charge in [0.05, 0.1) is 37.6 Å². The van der Waals surface area contributed by atoms with Crippen LogP contribution in [0.1, 0.15) is 68.8 Å². The Balaban J connectivity index is 1.33. The molecule has 3 aromatic carbocycles. The molecule has 15 heteroatoms. The number of nitrogens with one attached hydrogen (secondary N) is 1. The fourth-order valence-corrected chi connectivity index (χ4v) is 11.9. The topological polar surface area (TPSA) is 169 Å². The number of fused-ring (bicyclic) bond motifs is 9. The molecule has 4 bridgehead atoms. The summed E-state index contributed by atoms with van der Waals surface area (Å²) in [6, 6.07) is 2.96. The standard InChI is InChI=1S/C41H45N3O11S/c1-7-10-43-24-12-22-11-18(2)34(51-6)33(47)28(22)31(43)32-38-30-29(37-36(53-17-54-37)19(3)35(30)55-20(4)45)25(44(32)39(24)48)15-52-40(49)41(16-56-38)23-14-27(50-5)26(46)13-21(23)8-9-42-41/h7,11,13-14,24-25,31-32,38-39,42,46-48H,1,8-10,12,15-17H2,2-6H3/t24?,25-,31?,32?,38+,39-,41+/m0/s1. The monoisotopic (exact) mass is 787 g/mol. The summed E-state index contributed by atoms with van der Waals surface area (Å²) in [6.45, 7) is 9.69. The third kappa shape index (κ3) is 5.10. The Bertz CT molecular complexity index is 2200. The number of carbonyl (C=O) groups excluding carboxylic acids is 2. The Morgan fingerprint density at radius 2 is 1.86 bits per heavy atom. The molecule has 0 aromatic heterocycles. The van der Waals surface area contributed by atoms with Gasteiger partial charge < -0.3 is 43.7 Å². The Hall–Kier alpha value is -4.67. The van der Waals surface area contributed by atoms with Gasteiger partial charge in [0.25, 0.3) is 0 Å². The molecule has 7 aliphatic heterocycles. The lowest BCUT2D eigenvalue weighted by atomic mass is 9.72. The minimum atomic E-state index is -1.38. The number of phenols is 2. The van der Waals surface area contributed by atoms with Gasteiger partial charge in [0.2, 0.25) is 6.79 Å². The Morgan fingerprint density at radius 1 is 1.07 bits per heavy atom. The van der Waals surface area contributed by atoms with Crippen molar-refractivity contribution in [2.24, 2.45) is 0 Å². The van der Waals surface area contributed by atoms with E-state index in [0.717, 1.165) is 16.7 Å². The number of rotatable bonds is 5. The van der Waals surface area contributed by atoms with Crippen LogP contribution in [0.3, 0.4) is 0 Å². The number of hydrogen-bond donors (Lipinski definition) is 4. The number of aliphatic hydroxyl groups is 1. The van der Waals surface area contributed by atoms with Gasteiger partial charge in [-0.25, -0.2) is 4.79 Å². The van der Waals surface area contributed by atoms with Gasteiger partial charge in [0.15, 0.2) is 40.0 Å². The zero-order valence-corrected chi connectivity index (χ0v) is 32.7. The maximum Gasteiger partial charge on any atom is 0.331 e. The molecule has 1 spiro atoms. The molecule has 56 heavy (non-hydrogen) atoms. The molecular weight excluding hydrogens is 743 g/mol. The van der Waals surface area contributed by atoms with Crippen LogP contribution in [-0.2, 0) is 32.7 Å². The lowest BCUT2D eigenvalue weighted by molar-refractivity contribution is -0.189. The molecule has 0 saturated carbocycles. The maximum absolute atomic E-state index is 14.8. The zero-order valence-electron chi connectivity index (χ0n) is 31.8. The van der Waals surface area contributed by atoms with Crippen molar-refractivity contribution in [2.45, 2.75) is 74.8 Å². The second kappa shape index (κ2) is 13.5. The number of methoxy groups -OCH3 is 2. The van der Waals surface area contributed by atoms with E-state index >= 15 is 0 Å². The first-order valence-electron chi connectivity index (χ1n) is 18.8. The van der Waals surface area contributed by atoms with E-state index in [9.17, 15) is 24.9 Å². The van der Waals surface area contributed by atoms with E-state index in [0.29, 0.717) is 76.7 Å². The molecule has 3 unspecified atom stereocenters. The lowest BCUT2D eigenvalue weighted by Gasteiger charge is -2.62. The Labute approximate surface area is 328 Å². The minimum Gasteiger partial charge on any atom is -0.504 e. The predicted octanol–water partition coefficient (Wildman–Crippen LogP) is 3.97. The molecule has 2 fully saturated rings. The van der Waals surface area contributed by atoms with Crippen LogP contribution in [-0.4, -0.2) is 102 Å². The van der Waals surface area contributed by atoms with E-state index in [-0.39, 0.29) is 36.4 Å². The number of hydrogen-bond acceptors (Lipinski definition) is 15. The number of thioether (sulfide) groups is 1. The molecule has 10 rings (SSSR count). The number of nitrogens with zero attached hydrogens (tertiary/aromatic N) is 2. The van der Waals surface area contributed by atoms with Gasteiger partial charge in [-0.2, -0.15) is 0 Å². The van der Waals surface area contributed by atoms with Crippen LogP contribution >= 0.6 is 11.8 Å². The second-order valence-corrected chi connectivity index (χ2v) is 16.4. The highest BCUT2D eigenvalue weighted by atomic mass is 32.2. The van der Waals surface area contributed by atoms with E-state index in [2.05, 4.69) is 16.8 Å². The molecule has 4 N–H and O–H groups in total. The minimum absolute atomic E-state index is 0.0225. The first kappa shape index (κ1) is 36.9. The van der Waals surface area contributed by atoms with Gasteiger partial charge in [-0.15, -0.1) is 18.3 Å². The number of phenolic OH excluding ortho intramolecular Hbond substituents is 2. The second-order valence-electron chi connectivity index (χ2n) is 15.3. The Kier molecular flexibility index (Phi) is 8.89. The number of ether oxygens (including phenoxy) is 6. The molecule has 7 aliphatic rings. The highest BCUT2D eigenvalue weighted by molar-refractivity contribution is 7.99. The smallest absolute Gasteiger partial charge is 0.331 e. The number of aromatic hydroxyl groups is 2. The fraction of sp³-hybridized carbons (Fsp3) is 0.463. The summed E-state index contributed by atoms with van der Waals surface area (Å²) in [5.41, 5.74) is 4.24. The summed E-state index contributed by atoms with van der Waals surface area (Å²) >= 11 is 1.46. The highest BCUT2D eigenvalue weighted by Gasteiger charge is 2.62. The summed E-state index contributed by atoms with van der Waals surface area (Å²) in [7, 11) is 2.99. The largest absolute Gasteiger partial charge is 0.504 e. The summed E-state index contributed by atoms with van der Waals surface area (Å²) in [5.74, 6) is 0.846. The normalized spacial score (nSPS) is 28.7. The van der Waals surface area contributed by atoms with Gasteiger partial charge in [0.1, 0.15) is 18.6 Å². The van der Waals surface area contributed by atoms with Gasteiger partial charge in [-0.1, -0.05) is 12.1 Å². The molecule has 0 aliphatic carbocycles. The summed E-state index contributed by atoms with van der Waals surface area (Å²) in [5, 5.41) is 38.5. The van der Waals surface area contributed by atoms with Crippen molar-refractivity contribution in [2.75, 3.05) is 46.5 Å². The van der Waals surface area contributed by atoms with E-state index in [1.165, 1.54) is 32.9 Å². The molecule has 2 saturated heterocycles. The van der Waals surface area contributed by atoms with Crippen LogP contribution in [0.5, 0.6) is 40.2 Å².